The van der Waals surface area contributed by atoms with Crippen LogP contribution in [-0.2, 0) is 4.79 Å². The van der Waals surface area contributed by atoms with Crippen molar-refractivity contribution in [2.45, 2.75) is 26.7 Å². The molecule has 27 heavy (non-hydrogen) atoms. The van der Waals surface area contributed by atoms with Gasteiger partial charge in [0.25, 0.3) is 5.91 Å². The molecule has 4 heterocycles. The maximum Gasteiger partial charge on any atom is 0.266 e. The van der Waals surface area contributed by atoms with Gasteiger partial charge in [0.05, 0.1) is 11.6 Å². The first kappa shape index (κ1) is 17.7. The summed E-state index contributed by atoms with van der Waals surface area (Å²) in [6, 6.07) is 5.93. The van der Waals surface area contributed by atoms with Crippen LogP contribution in [0.4, 0.5) is 0 Å². The lowest BCUT2D eigenvalue weighted by Gasteiger charge is -2.31. The lowest BCUT2D eigenvalue weighted by atomic mass is 9.97. The van der Waals surface area contributed by atoms with Gasteiger partial charge in [-0.2, -0.15) is 0 Å². The van der Waals surface area contributed by atoms with Gasteiger partial charge in [-0.15, -0.1) is 11.3 Å². The number of amides is 2. The third kappa shape index (κ3) is 3.12. The summed E-state index contributed by atoms with van der Waals surface area (Å²) in [4.78, 5) is 32.9. The first-order valence-corrected chi connectivity index (χ1v) is 9.90. The summed E-state index contributed by atoms with van der Waals surface area (Å²) in [5.74, 6) is -0.651. The number of aromatic nitrogens is 2. The van der Waals surface area contributed by atoms with Gasteiger partial charge in [-0.3, -0.25) is 9.59 Å². The smallest absolute Gasteiger partial charge is 0.266 e. The molecule has 2 amide bonds. The monoisotopic (exact) mass is 382 g/mol. The minimum Gasteiger partial charge on any atom is -0.369 e. The lowest BCUT2D eigenvalue weighted by Crippen LogP contribution is -2.44. The predicted octanol–water partition coefficient (Wildman–Crippen LogP) is 3.04. The summed E-state index contributed by atoms with van der Waals surface area (Å²) < 4.78 is 1.98. The lowest BCUT2D eigenvalue weighted by molar-refractivity contribution is -0.123. The molecule has 140 valence electrons. The highest BCUT2D eigenvalue weighted by atomic mass is 32.1. The Morgan fingerprint density at radius 1 is 1.26 bits per heavy atom. The molecule has 0 spiro atoms. The molecule has 0 radical (unpaired) electrons. The molecule has 1 aliphatic rings. The third-order valence-electron chi connectivity index (χ3n) is 5.13. The molecule has 0 aliphatic carbocycles. The molecule has 6 nitrogen and oxygen atoms in total. The fourth-order valence-corrected chi connectivity index (χ4v) is 5.10. The summed E-state index contributed by atoms with van der Waals surface area (Å²) in [7, 11) is 0. The van der Waals surface area contributed by atoms with Crippen LogP contribution in [0.15, 0.2) is 30.6 Å². The molecule has 0 bridgehead atoms. The molecule has 3 aromatic heterocycles. The van der Waals surface area contributed by atoms with E-state index >= 15 is 0 Å². The van der Waals surface area contributed by atoms with Gasteiger partial charge in [-0.1, -0.05) is 0 Å². The van der Waals surface area contributed by atoms with E-state index in [4.69, 9.17) is 5.73 Å². The van der Waals surface area contributed by atoms with Crippen LogP contribution in [-0.4, -0.2) is 39.4 Å². The number of aryl methyl sites for hydroxylation is 2. The average Bonchev–Trinajstić information content (AvgIpc) is 3.28. The topological polar surface area (TPSA) is 81.2 Å². The molecule has 0 unspecified atom stereocenters. The van der Waals surface area contributed by atoms with E-state index in [0.717, 1.165) is 40.0 Å². The van der Waals surface area contributed by atoms with Crippen LogP contribution in [0.3, 0.4) is 0 Å². The maximum absolute atomic E-state index is 13.4. The first-order valence-electron chi connectivity index (χ1n) is 9.08. The van der Waals surface area contributed by atoms with Crippen LogP contribution in [0.2, 0.25) is 0 Å². The number of hydrogen-bond acceptors (Lipinski definition) is 4. The second-order valence-corrected chi connectivity index (χ2v) is 8.12. The van der Waals surface area contributed by atoms with Crippen LogP contribution < -0.4 is 5.73 Å². The van der Waals surface area contributed by atoms with Crippen molar-refractivity contribution in [1.29, 1.82) is 0 Å². The molecular formula is C20H22N4O2S. The van der Waals surface area contributed by atoms with Gasteiger partial charge in [0, 0.05) is 36.6 Å². The quantitative estimate of drug-likeness (QED) is 0.756. The zero-order valence-electron chi connectivity index (χ0n) is 15.4. The Morgan fingerprint density at radius 3 is 2.70 bits per heavy atom. The number of pyridine rings is 1. The van der Waals surface area contributed by atoms with Crippen molar-refractivity contribution in [3.63, 3.8) is 0 Å². The molecule has 4 rings (SSSR count). The summed E-state index contributed by atoms with van der Waals surface area (Å²) in [5, 5.41) is 1.01. The van der Waals surface area contributed by atoms with Crippen LogP contribution in [0.5, 0.6) is 0 Å². The minimum absolute atomic E-state index is 0.0512. The van der Waals surface area contributed by atoms with E-state index in [1.165, 1.54) is 11.3 Å². The van der Waals surface area contributed by atoms with Crippen LogP contribution in [0.1, 0.15) is 33.8 Å². The number of rotatable bonds is 3. The predicted molar refractivity (Wildman–Crippen MR) is 106 cm³/mol. The van der Waals surface area contributed by atoms with Crippen LogP contribution >= 0.6 is 11.3 Å². The summed E-state index contributed by atoms with van der Waals surface area (Å²) in [6.45, 7) is 5.05. The molecule has 0 saturated carbocycles. The number of piperidine rings is 1. The Morgan fingerprint density at radius 2 is 2.00 bits per heavy atom. The van der Waals surface area contributed by atoms with Crippen LogP contribution in [0.25, 0.3) is 15.9 Å². The molecule has 1 saturated heterocycles. The number of fused-ring (bicyclic) bond motifs is 1. The Labute approximate surface area is 161 Å². The molecule has 1 aliphatic heterocycles. The molecule has 7 heteroatoms. The van der Waals surface area contributed by atoms with Gasteiger partial charge in [-0.25, -0.2) is 4.98 Å². The maximum atomic E-state index is 13.4. The highest BCUT2D eigenvalue weighted by Crippen LogP contribution is 2.37. The fourth-order valence-electron chi connectivity index (χ4n) is 3.84. The van der Waals surface area contributed by atoms with E-state index < -0.39 is 0 Å². The Kier molecular flexibility index (Phi) is 4.47. The van der Waals surface area contributed by atoms with E-state index in [9.17, 15) is 9.59 Å². The SMILES string of the molecule is Cc1cc(C)c2c(-n3cccc3)c(C(=O)N3CCC[C@H](C(N)=O)C3)sc2n1. The zero-order chi connectivity index (χ0) is 19.1. The normalized spacial score (nSPS) is 17.4. The van der Waals surface area contributed by atoms with E-state index in [0.29, 0.717) is 18.0 Å². The minimum atomic E-state index is -0.331. The Bertz CT molecular complexity index is 1020. The highest BCUT2D eigenvalue weighted by Gasteiger charge is 2.31. The summed E-state index contributed by atoms with van der Waals surface area (Å²) in [5.41, 5.74) is 8.39. The number of hydrogen-bond donors (Lipinski definition) is 1. The van der Waals surface area contributed by atoms with Crippen molar-refractivity contribution in [3.05, 3.63) is 46.7 Å². The van der Waals surface area contributed by atoms with E-state index in [-0.39, 0.29) is 17.7 Å². The van der Waals surface area contributed by atoms with Crippen molar-refractivity contribution in [3.8, 4) is 5.69 Å². The van der Waals surface area contributed by atoms with E-state index in [1.807, 2.05) is 42.1 Å². The molecule has 1 atom stereocenters. The summed E-state index contributed by atoms with van der Waals surface area (Å²) in [6.07, 6.45) is 5.43. The van der Waals surface area contributed by atoms with Crippen molar-refractivity contribution >= 4 is 33.4 Å². The highest BCUT2D eigenvalue weighted by molar-refractivity contribution is 7.21. The van der Waals surface area contributed by atoms with Gasteiger partial charge in [-0.05, 0) is 50.5 Å². The molecular weight excluding hydrogens is 360 g/mol. The molecule has 0 aromatic carbocycles. The zero-order valence-corrected chi connectivity index (χ0v) is 16.3. The number of primary amides is 1. The second kappa shape index (κ2) is 6.81. The van der Waals surface area contributed by atoms with Gasteiger partial charge in [0.2, 0.25) is 5.91 Å². The third-order valence-corrected chi connectivity index (χ3v) is 6.19. The van der Waals surface area contributed by atoms with Crippen molar-refractivity contribution in [1.82, 2.24) is 14.5 Å². The Balaban J connectivity index is 1.84. The second-order valence-electron chi connectivity index (χ2n) is 7.12. The molecule has 3 aromatic rings. The molecule has 2 N–H and O–H groups in total. The summed E-state index contributed by atoms with van der Waals surface area (Å²) >= 11 is 1.42. The standard InChI is InChI=1S/C20H22N4O2S/c1-12-10-13(2)22-19-15(12)16(23-7-3-4-8-23)17(27-19)20(26)24-9-5-6-14(11-24)18(21)25/h3-4,7-8,10,14H,5-6,9,11H2,1-2H3,(H2,21,25)/t14-/m0/s1. The van der Waals surface area contributed by atoms with Gasteiger partial charge >= 0.3 is 0 Å². The van der Waals surface area contributed by atoms with E-state index in [1.54, 1.807) is 4.90 Å². The Hall–Kier alpha value is -2.67. The largest absolute Gasteiger partial charge is 0.369 e. The first-order chi connectivity index (χ1) is 13.0. The number of thiophene rings is 1. The average molecular weight is 382 g/mol. The number of carbonyl (C=O) groups excluding carboxylic acids is 2. The number of nitrogens with two attached hydrogens (primary N) is 1. The number of likely N-dealkylation sites (tertiary alicyclic amines) is 1. The van der Waals surface area contributed by atoms with Gasteiger partial charge in [0.15, 0.2) is 0 Å². The van der Waals surface area contributed by atoms with Crippen molar-refractivity contribution in [2.24, 2.45) is 11.7 Å². The van der Waals surface area contributed by atoms with Gasteiger partial charge < -0.3 is 15.2 Å². The fraction of sp³-hybridized carbons (Fsp3) is 0.350. The number of carbonyl (C=O) groups is 2. The molecule has 1 fully saturated rings. The van der Waals surface area contributed by atoms with Crippen LogP contribution in [0, 0.1) is 19.8 Å². The van der Waals surface area contributed by atoms with Gasteiger partial charge in [0.1, 0.15) is 9.71 Å². The van der Waals surface area contributed by atoms with Crippen molar-refractivity contribution in [2.75, 3.05) is 13.1 Å². The van der Waals surface area contributed by atoms with E-state index in [2.05, 4.69) is 11.9 Å². The number of nitrogens with zero attached hydrogens (tertiary/aromatic N) is 3. The van der Waals surface area contributed by atoms with Crippen molar-refractivity contribution < 1.29 is 9.59 Å².